The number of benzene rings is 2. The van der Waals surface area contributed by atoms with Crippen molar-refractivity contribution in [3.63, 3.8) is 0 Å². The summed E-state index contributed by atoms with van der Waals surface area (Å²) in [5.41, 5.74) is 8.08. The highest BCUT2D eigenvalue weighted by atomic mass is 19.1. The van der Waals surface area contributed by atoms with E-state index in [1.807, 2.05) is 12.1 Å². The third-order valence-corrected chi connectivity index (χ3v) is 2.49. The lowest BCUT2D eigenvalue weighted by molar-refractivity contribution is 0.604. The zero-order valence-corrected chi connectivity index (χ0v) is 9.35. The minimum Gasteiger partial charge on any atom is -0.423 e. The maximum Gasteiger partial charge on any atom is 0.300 e. The van der Waals surface area contributed by atoms with Crippen LogP contribution in [0.2, 0.25) is 0 Å². The van der Waals surface area contributed by atoms with Gasteiger partial charge in [-0.05, 0) is 30.3 Å². The molecule has 4 nitrogen and oxygen atoms in total. The third-order valence-electron chi connectivity index (χ3n) is 2.49. The Balaban J connectivity index is 1.95. The van der Waals surface area contributed by atoms with Crippen molar-refractivity contribution in [1.29, 1.82) is 0 Å². The van der Waals surface area contributed by atoms with Gasteiger partial charge in [0.1, 0.15) is 11.3 Å². The van der Waals surface area contributed by atoms with E-state index in [1.54, 1.807) is 18.2 Å². The Morgan fingerprint density at radius 2 is 2.06 bits per heavy atom. The molecular weight excluding hydrogens is 233 g/mol. The van der Waals surface area contributed by atoms with Gasteiger partial charge in [-0.3, -0.25) is 0 Å². The fourth-order valence-electron chi connectivity index (χ4n) is 1.69. The van der Waals surface area contributed by atoms with Crippen molar-refractivity contribution < 1.29 is 8.81 Å². The fraction of sp³-hybridized carbons (Fsp3) is 0. The second-order valence-electron chi connectivity index (χ2n) is 3.88. The molecule has 0 aliphatic carbocycles. The number of oxazole rings is 1. The van der Waals surface area contributed by atoms with Gasteiger partial charge in [0.15, 0.2) is 5.58 Å². The Bertz CT molecular complexity index is 708. The minimum atomic E-state index is -0.353. The molecule has 5 heteroatoms. The van der Waals surface area contributed by atoms with Crippen LogP contribution in [-0.4, -0.2) is 4.98 Å². The molecule has 1 aromatic heterocycles. The number of hydrogen-bond donors (Lipinski definition) is 2. The number of anilines is 3. The molecule has 0 saturated heterocycles. The van der Waals surface area contributed by atoms with Crippen LogP contribution in [0.15, 0.2) is 46.9 Å². The van der Waals surface area contributed by atoms with Crippen LogP contribution in [0, 0.1) is 5.82 Å². The zero-order valence-electron chi connectivity index (χ0n) is 9.35. The summed E-state index contributed by atoms with van der Waals surface area (Å²) in [6, 6.07) is 11.7. The predicted octanol–water partition coefficient (Wildman–Crippen LogP) is 3.29. The Labute approximate surface area is 102 Å². The van der Waals surface area contributed by atoms with Crippen molar-refractivity contribution in [2.45, 2.75) is 0 Å². The Morgan fingerprint density at radius 1 is 1.17 bits per heavy atom. The molecule has 90 valence electrons. The quantitative estimate of drug-likeness (QED) is 0.678. The second-order valence-corrected chi connectivity index (χ2v) is 3.88. The molecule has 0 radical (unpaired) electrons. The first kappa shape index (κ1) is 10.6. The maximum absolute atomic E-state index is 13.0. The Hall–Kier alpha value is -2.56. The van der Waals surface area contributed by atoms with Crippen LogP contribution in [0.4, 0.5) is 21.8 Å². The van der Waals surface area contributed by atoms with E-state index in [4.69, 9.17) is 10.2 Å². The Morgan fingerprint density at radius 3 is 2.89 bits per heavy atom. The molecule has 0 saturated carbocycles. The van der Waals surface area contributed by atoms with Crippen molar-refractivity contribution >= 4 is 28.5 Å². The van der Waals surface area contributed by atoms with Gasteiger partial charge in [0, 0.05) is 17.4 Å². The average molecular weight is 243 g/mol. The van der Waals surface area contributed by atoms with Crippen LogP contribution in [0.5, 0.6) is 0 Å². The number of hydrogen-bond acceptors (Lipinski definition) is 4. The van der Waals surface area contributed by atoms with Crippen LogP contribution in [0.3, 0.4) is 0 Å². The van der Waals surface area contributed by atoms with E-state index < -0.39 is 0 Å². The van der Waals surface area contributed by atoms with E-state index in [0.717, 1.165) is 5.69 Å². The van der Waals surface area contributed by atoms with Gasteiger partial charge in [-0.1, -0.05) is 6.07 Å². The number of nitrogen functional groups attached to an aromatic ring is 1. The van der Waals surface area contributed by atoms with Gasteiger partial charge < -0.3 is 15.5 Å². The normalized spacial score (nSPS) is 10.7. The fourth-order valence-corrected chi connectivity index (χ4v) is 1.69. The Kier molecular flexibility index (Phi) is 2.37. The number of nitrogens with zero attached hydrogens (tertiary/aromatic N) is 1. The summed E-state index contributed by atoms with van der Waals surface area (Å²) in [5.74, 6) is -0.353. The molecule has 3 aromatic rings. The number of rotatable bonds is 2. The standard InChI is InChI=1S/C13H10FN3O/c14-8-4-5-11-12(6-8)18-13(17-11)16-10-3-1-2-9(15)7-10/h1-7H,15H2,(H,16,17). The topological polar surface area (TPSA) is 64.1 Å². The number of aromatic nitrogens is 1. The van der Waals surface area contributed by atoms with E-state index in [-0.39, 0.29) is 5.82 Å². The number of fused-ring (bicyclic) bond motifs is 1. The summed E-state index contributed by atoms with van der Waals surface area (Å²) in [6.45, 7) is 0. The number of nitrogens with two attached hydrogens (primary N) is 1. The van der Waals surface area contributed by atoms with E-state index in [9.17, 15) is 4.39 Å². The monoisotopic (exact) mass is 243 g/mol. The lowest BCUT2D eigenvalue weighted by Crippen LogP contribution is -1.91. The zero-order chi connectivity index (χ0) is 12.5. The lowest BCUT2D eigenvalue weighted by atomic mass is 10.3. The molecule has 0 atom stereocenters. The highest BCUT2D eigenvalue weighted by Gasteiger charge is 2.06. The van der Waals surface area contributed by atoms with Gasteiger partial charge in [0.2, 0.25) is 0 Å². The smallest absolute Gasteiger partial charge is 0.300 e. The molecule has 0 bridgehead atoms. The van der Waals surface area contributed by atoms with Crippen molar-refractivity contribution in [1.82, 2.24) is 4.98 Å². The molecule has 2 aromatic carbocycles. The highest BCUT2D eigenvalue weighted by Crippen LogP contribution is 2.23. The number of nitrogens with one attached hydrogen (secondary N) is 1. The highest BCUT2D eigenvalue weighted by molar-refractivity contribution is 5.75. The van der Waals surface area contributed by atoms with E-state index in [1.165, 1.54) is 12.1 Å². The minimum absolute atomic E-state index is 0.307. The van der Waals surface area contributed by atoms with Gasteiger partial charge in [-0.2, -0.15) is 4.98 Å². The van der Waals surface area contributed by atoms with Gasteiger partial charge in [-0.15, -0.1) is 0 Å². The summed E-state index contributed by atoms with van der Waals surface area (Å²) in [4.78, 5) is 4.19. The SMILES string of the molecule is Nc1cccc(Nc2nc3ccc(F)cc3o2)c1. The summed E-state index contributed by atoms with van der Waals surface area (Å²) in [6.07, 6.45) is 0. The first-order valence-electron chi connectivity index (χ1n) is 5.39. The van der Waals surface area contributed by atoms with E-state index in [2.05, 4.69) is 10.3 Å². The third kappa shape index (κ3) is 1.98. The van der Waals surface area contributed by atoms with Crippen molar-refractivity contribution in [3.8, 4) is 0 Å². The first-order valence-corrected chi connectivity index (χ1v) is 5.39. The average Bonchev–Trinajstić information content (AvgIpc) is 2.70. The summed E-state index contributed by atoms with van der Waals surface area (Å²) in [5, 5.41) is 2.97. The molecule has 0 fully saturated rings. The van der Waals surface area contributed by atoms with Crippen molar-refractivity contribution in [2.75, 3.05) is 11.1 Å². The van der Waals surface area contributed by atoms with Crippen LogP contribution in [0.25, 0.3) is 11.1 Å². The van der Waals surface area contributed by atoms with Crippen LogP contribution in [0.1, 0.15) is 0 Å². The van der Waals surface area contributed by atoms with Gasteiger partial charge in [0.05, 0.1) is 0 Å². The van der Waals surface area contributed by atoms with Gasteiger partial charge >= 0.3 is 0 Å². The second kappa shape index (κ2) is 4.03. The van der Waals surface area contributed by atoms with Crippen molar-refractivity contribution in [2.24, 2.45) is 0 Å². The lowest BCUT2D eigenvalue weighted by Gasteiger charge is -2.01. The van der Waals surface area contributed by atoms with Gasteiger partial charge in [0.25, 0.3) is 6.01 Å². The van der Waals surface area contributed by atoms with Crippen LogP contribution >= 0.6 is 0 Å². The predicted molar refractivity (Wildman–Crippen MR) is 68.1 cm³/mol. The molecule has 0 aliphatic rings. The molecule has 3 rings (SSSR count). The first-order chi connectivity index (χ1) is 8.70. The van der Waals surface area contributed by atoms with Crippen LogP contribution < -0.4 is 11.1 Å². The molecule has 0 aliphatic heterocycles. The number of halogens is 1. The van der Waals surface area contributed by atoms with Crippen molar-refractivity contribution in [3.05, 3.63) is 48.3 Å². The molecule has 1 heterocycles. The molecule has 3 N–H and O–H groups in total. The molecular formula is C13H10FN3O. The van der Waals surface area contributed by atoms with E-state index in [0.29, 0.717) is 22.8 Å². The van der Waals surface area contributed by atoms with E-state index >= 15 is 0 Å². The van der Waals surface area contributed by atoms with Gasteiger partial charge in [-0.25, -0.2) is 4.39 Å². The molecule has 0 unspecified atom stereocenters. The van der Waals surface area contributed by atoms with Crippen LogP contribution in [-0.2, 0) is 0 Å². The maximum atomic E-state index is 13.0. The summed E-state index contributed by atoms with van der Waals surface area (Å²) < 4.78 is 18.4. The largest absolute Gasteiger partial charge is 0.423 e. The summed E-state index contributed by atoms with van der Waals surface area (Å²) in [7, 11) is 0. The molecule has 0 spiro atoms. The summed E-state index contributed by atoms with van der Waals surface area (Å²) >= 11 is 0. The molecule has 0 amide bonds. The molecule has 18 heavy (non-hydrogen) atoms.